The minimum Gasteiger partial charge on any atom is -0.491 e. The minimum absolute atomic E-state index is 0.277. The molecule has 8 heteroatoms. The van der Waals surface area contributed by atoms with E-state index >= 15 is 0 Å². The highest BCUT2D eigenvalue weighted by Crippen LogP contribution is 2.35. The van der Waals surface area contributed by atoms with Crippen molar-refractivity contribution in [2.75, 3.05) is 25.1 Å². The van der Waals surface area contributed by atoms with Crippen LogP contribution in [0.4, 0.5) is 5.69 Å². The lowest BCUT2D eigenvalue weighted by Gasteiger charge is -2.20. The van der Waals surface area contributed by atoms with E-state index < -0.39 is 0 Å². The van der Waals surface area contributed by atoms with Crippen LogP contribution >= 0.6 is 0 Å². The average molecular weight is 363 g/mol. The van der Waals surface area contributed by atoms with Crippen LogP contribution in [0.3, 0.4) is 0 Å². The number of rotatable bonds is 3. The number of hydrogen-bond acceptors (Lipinski definition) is 6. The van der Waals surface area contributed by atoms with E-state index in [0.717, 1.165) is 28.9 Å². The van der Waals surface area contributed by atoms with Gasteiger partial charge in [-0.05, 0) is 25.1 Å². The topological polar surface area (TPSA) is 94.1 Å². The van der Waals surface area contributed by atoms with E-state index in [1.165, 1.54) is 0 Å². The molecule has 0 fully saturated rings. The van der Waals surface area contributed by atoms with Crippen LogP contribution in [0.25, 0.3) is 27.8 Å². The molecule has 0 spiro atoms. The summed E-state index contributed by atoms with van der Waals surface area (Å²) >= 11 is 0. The molecule has 0 unspecified atom stereocenters. The Balaban J connectivity index is 1.79. The molecule has 8 nitrogen and oxygen atoms in total. The van der Waals surface area contributed by atoms with Gasteiger partial charge in [-0.15, -0.1) is 0 Å². The molecule has 0 aliphatic carbocycles. The zero-order valence-electron chi connectivity index (χ0n) is 14.7. The van der Waals surface area contributed by atoms with Gasteiger partial charge in [-0.3, -0.25) is 14.5 Å². The van der Waals surface area contributed by atoms with Gasteiger partial charge in [0.05, 0.1) is 29.7 Å². The van der Waals surface area contributed by atoms with Crippen LogP contribution in [0, 0.1) is 0 Å². The van der Waals surface area contributed by atoms with E-state index in [1.54, 1.807) is 23.0 Å². The Morgan fingerprint density at radius 3 is 3.11 bits per heavy atom. The molecule has 1 aromatic carbocycles. The molecule has 5 rings (SSSR count). The van der Waals surface area contributed by atoms with Crippen molar-refractivity contribution in [2.24, 2.45) is 0 Å². The van der Waals surface area contributed by atoms with E-state index in [2.05, 4.69) is 20.3 Å². The van der Waals surface area contributed by atoms with Crippen LogP contribution in [0.5, 0.6) is 11.5 Å². The van der Waals surface area contributed by atoms with Crippen LogP contribution in [0.2, 0.25) is 0 Å². The summed E-state index contributed by atoms with van der Waals surface area (Å²) in [4.78, 5) is 24.2. The molecule has 2 N–H and O–H groups in total. The number of benzene rings is 1. The molecule has 3 aromatic heterocycles. The molecule has 4 aromatic rings. The van der Waals surface area contributed by atoms with Crippen LogP contribution in [0.15, 0.2) is 41.5 Å². The molecule has 0 saturated heterocycles. The number of imidazole rings is 1. The molecule has 0 bridgehead atoms. The molecule has 0 amide bonds. The van der Waals surface area contributed by atoms with Gasteiger partial charge in [0.1, 0.15) is 17.9 Å². The van der Waals surface area contributed by atoms with E-state index in [-0.39, 0.29) is 5.69 Å². The van der Waals surface area contributed by atoms with Gasteiger partial charge in [0, 0.05) is 24.2 Å². The first kappa shape index (κ1) is 15.7. The van der Waals surface area contributed by atoms with E-state index in [4.69, 9.17) is 9.47 Å². The predicted octanol–water partition coefficient (Wildman–Crippen LogP) is 2.46. The van der Waals surface area contributed by atoms with Crippen LogP contribution in [0.1, 0.15) is 6.92 Å². The van der Waals surface area contributed by atoms with Crippen molar-refractivity contribution in [2.45, 2.75) is 6.92 Å². The summed E-state index contributed by atoms with van der Waals surface area (Å²) in [5, 5.41) is 4.13. The number of ether oxygens (including phenoxy) is 2. The van der Waals surface area contributed by atoms with Crippen LogP contribution in [-0.2, 0) is 0 Å². The summed E-state index contributed by atoms with van der Waals surface area (Å²) in [5.41, 5.74) is 3.17. The molecule has 1 aliphatic rings. The van der Waals surface area contributed by atoms with Crippen molar-refractivity contribution >= 4 is 27.8 Å². The third-order valence-electron chi connectivity index (χ3n) is 4.56. The third-order valence-corrected chi connectivity index (χ3v) is 4.56. The number of fused-ring (bicyclic) bond motifs is 4. The number of anilines is 1. The first-order valence-corrected chi connectivity index (χ1v) is 8.78. The Hall–Kier alpha value is -3.55. The molecule has 4 heterocycles. The summed E-state index contributed by atoms with van der Waals surface area (Å²) < 4.78 is 13.1. The van der Waals surface area contributed by atoms with Crippen molar-refractivity contribution in [3.05, 3.63) is 47.1 Å². The maximum Gasteiger partial charge on any atom is 0.332 e. The maximum absolute atomic E-state index is 12.7. The number of H-pyrrole nitrogens is 1. The lowest BCUT2D eigenvalue weighted by Crippen LogP contribution is -2.18. The molecule has 0 atom stereocenters. The zero-order valence-corrected chi connectivity index (χ0v) is 14.7. The van der Waals surface area contributed by atoms with E-state index in [1.807, 2.05) is 25.1 Å². The highest BCUT2D eigenvalue weighted by atomic mass is 16.5. The second-order valence-corrected chi connectivity index (χ2v) is 6.18. The van der Waals surface area contributed by atoms with Gasteiger partial charge < -0.3 is 14.8 Å². The standard InChI is InChI=1S/C19H17N5O3/c1-2-26-15-5-6-21-18-16(15)24(19(25)23-18)11-3-4-13-12(9-11)17-14(10-22-13)20-7-8-27-17/h3-6,9-10,20H,2,7-8H2,1H3,(H,21,23,25). The average Bonchev–Trinajstić information content (AvgIpc) is 3.04. The second kappa shape index (κ2) is 6.01. The zero-order chi connectivity index (χ0) is 18.4. The first-order chi connectivity index (χ1) is 13.3. The number of aromatic nitrogens is 4. The molecule has 1 aliphatic heterocycles. The fourth-order valence-electron chi connectivity index (χ4n) is 3.44. The Morgan fingerprint density at radius 1 is 1.30 bits per heavy atom. The highest BCUT2D eigenvalue weighted by molar-refractivity contribution is 5.92. The largest absolute Gasteiger partial charge is 0.491 e. The smallest absolute Gasteiger partial charge is 0.332 e. The monoisotopic (exact) mass is 363 g/mol. The Bertz CT molecular complexity index is 1230. The van der Waals surface area contributed by atoms with Crippen molar-refractivity contribution < 1.29 is 9.47 Å². The molecule has 27 heavy (non-hydrogen) atoms. The van der Waals surface area contributed by atoms with Crippen molar-refractivity contribution in [3.63, 3.8) is 0 Å². The van der Waals surface area contributed by atoms with Gasteiger partial charge in [-0.25, -0.2) is 9.78 Å². The molecule has 0 saturated carbocycles. The lowest BCUT2D eigenvalue weighted by molar-refractivity contribution is 0.327. The van der Waals surface area contributed by atoms with Gasteiger partial charge in [0.2, 0.25) is 0 Å². The van der Waals surface area contributed by atoms with Crippen LogP contribution in [-0.4, -0.2) is 39.3 Å². The van der Waals surface area contributed by atoms with E-state index in [9.17, 15) is 4.79 Å². The normalized spacial score (nSPS) is 13.2. The van der Waals surface area contributed by atoms with Crippen LogP contribution < -0.4 is 20.5 Å². The number of hydrogen-bond donors (Lipinski definition) is 2. The Kier molecular flexibility index (Phi) is 3.49. The van der Waals surface area contributed by atoms with Crippen molar-refractivity contribution in [1.82, 2.24) is 19.5 Å². The van der Waals surface area contributed by atoms with Gasteiger partial charge in [0.25, 0.3) is 0 Å². The number of nitrogens with zero attached hydrogens (tertiary/aromatic N) is 3. The fraction of sp³-hybridized carbons (Fsp3) is 0.211. The summed E-state index contributed by atoms with van der Waals surface area (Å²) in [5.74, 6) is 1.36. The number of aromatic amines is 1. The second-order valence-electron chi connectivity index (χ2n) is 6.18. The minimum atomic E-state index is -0.277. The third kappa shape index (κ3) is 2.41. The summed E-state index contributed by atoms with van der Waals surface area (Å²) in [7, 11) is 0. The van der Waals surface area contributed by atoms with Gasteiger partial charge in [0.15, 0.2) is 11.4 Å². The molecular weight excluding hydrogens is 346 g/mol. The number of pyridine rings is 2. The summed E-state index contributed by atoms with van der Waals surface area (Å²) in [6.45, 7) is 3.72. The van der Waals surface area contributed by atoms with Crippen molar-refractivity contribution in [3.8, 4) is 17.2 Å². The fourth-order valence-corrected chi connectivity index (χ4v) is 3.44. The summed E-state index contributed by atoms with van der Waals surface area (Å²) in [6.07, 6.45) is 3.39. The first-order valence-electron chi connectivity index (χ1n) is 8.78. The van der Waals surface area contributed by atoms with Crippen molar-refractivity contribution in [1.29, 1.82) is 0 Å². The lowest BCUT2D eigenvalue weighted by atomic mass is 10.1. The maximum atomic E-state index is 12.7. The molecule has 0 radical (unpaired) electrons. The Morgan fingerprint density at radius 2 is 2.22 bits per heavy atom. The Labute approximate surface area is 153 Å². The predicted molar refractivity (Wildman–Crippen MR) is 102 cm³/mol. The summed E-state index contributed by atoms with van der Waals surface area (Å²) in [6, 6.07) is 7.40. The van der Waals surface area contributed by atoms with E-state index in [0.29, 0.717) is 35.8 Å². The molecule has 136 valence electrons. The quantitative estimate of drug-likeness (QED) is 0.581. The van der Waals surface area contributed by atoms with Gasteiger partial charge in [-0.1, -0.05) is 0 Å². The van der Waals surface area contributed by atoms with Gasteiger partial charge in [-0.2, -0.15) is 0 Å². The number of nitrogens with one attached hydrogen (secondary N) is 2. The molecular formula is C19H17N5O3. The SMILES string of the molecule is CCOc1ccnc2[nH]c(=O)n(-c3ccc4ncc5c(c4c3)OCCN5)c12. The highest BCUT2D eigenvalue weighted by Gasteiger charge is 2.18. The van der Waals surface area contributed by atoms with Gasteiger partial charge >= 0.3 is 5.69 Å².